The van der Waals surface area contributed by atoms with Crippen LogP contribution in [0.15, 0.2) is 0 Å². The number of hydroxylamine groups is 2. The van der Waals surface area contributed by atoms with E-state index in [2.05, 4.69) is 4.74 Å². The zero-order chi connectivity index (χ0) is 8.97. The maximum Gasteiger partial charge on any atom is 0.271 e. The topological polar surface area (TPSA) is 51.3 Å². The van der Waals surface area contributed by atoms with Gasteiger partial charge in [-0.15, -0.1) is 0 Å². The highest BCUT2D eigenvalue weighted by atomic mass is 16.7. The Morgan fingerprint density at radius 2 is 2.42 bits per heavy atom. The summed E-state index contributed by atoms with van der Waals surface area (Å²) in [6.45, 7) is 1.21. The van der Waals surface area contributed by atoms with Crippen molar-refractivity contribution in [2.45, 2.75) is 6.10 Å². The van der Waals surface area contributed by atoms with E-state index >= 15 is 0 Å². The van der Waals surface area contributed by atoms with Crippen LogP contribution in [0.3, 0.4) is 0 Å². The van der Waals surface area contributed by atoms with Crippen molar-refractivity contribution in [3.63, 3.8) is 0 Å². The van der Waals surface area contributed by atoms with Gasteiger partial charge in [0.2, 0.25) is 0 Å². The second-order valence-electron chi connectivity index (χ2n) is 2.58. The molecule has 70 valence electrons. The first-order valence-electron chi connectivity index (χ1n) is 3.74. The summed E-state index contributed by atoms with van der Waals surface area (Å²) in [6.07, 6.45) is 0.169. The summed E-state index contributed by atoms with van der Waals surface area (Å²) in [5, 5.41) is 1.17. The molecule has 1 aliphatic rings. The first-order chi connectivity index (χ1) is 5.74. The van der Waals surface area contributed by atoms with Gasteiger partial charge in [-0.2, -0.15) is 0 Å². The van der Waals surface area contributed by atoms with Gasteiger partial charge in [0.05, 0.1) is 6.61 Å². The molecule has 0 aromatic heterocycles. The molecule has 0 aromatic carbocycles. The number of epoxide rings is 1. The molecule has 0 spiro atoms. The Morgan fingerprint density at radius 1 is 1.75 bits per heavy atom. The molecule has 1 rings (SSSR count). The fourth-order valence-electron chi connectivity index (χ4n) is 0.646. The molecule has 5 heteroatoms. The first kappa shape index (κ1) is 9.44. The van der Waals surface area contributed by atoms with Crippen LogP contribution in [-0.4, -0.2) is 51.1 Å². The average molecular weight is 175 g/mol. The smallest absolute Gasteiger partial charge is 0.271 e. The number of methoxy groups -OCH3 is 1. The lowest BCUT2D eigenvalue weighted by molar-refractivity contribution is -0.183. The second kappa shape index (κ2) is 4.39. The SMILES string of the molecule is COCC(=O)N(C)OC[C@@H]1CO1. The standard InChI is InChI=1S/C7H13NO4/c1-8(7(9)5-10-2)12-4-6-3-11-6/h6H,3-5H2,1-2H3/t6-/m0/s1. The number of nitrogens with zero attached hydrogens (tertiary/aromatic N) is 1. The van der Waals surface area contributed by atoms with Gasteiger partial charge in [0.1, 0.15) is 19.3 Å². The zero-order valence-corrected chi connectivity index (χ0v) is 7.28. The van der Waals surface area contributed by atoms with Gasteiger partial charge in [-0.25, -0.2) is 5.06 Å². The molecule has 5 nitrogen and oxygen atoms in total. The molecule has 0 aromatic rings. The Kier molecular flexibility index (Phi) is 3.46. The lowest BCUT2D eigenvalue weighted by Crippen LogP contribution is -2.31. The van der Waals surface area contributed by atoms with Gasteiger partial charge >= 0.3 is 0 Å². The number of hydrogen-bond donors (Lipinski definition) is 0. The highest BCUT2D eigenvalue weighted by Gasteiger charge is 2.24. The van der Waals surface area contributed by atoms with Gasteiger partial charge in [-0.05, 0) is 0 Å². The van der Waals surface area contributed by atoms with Crippen LogP contribution in [0.25, 0.3) is 0 Å². The Bertz CT molecular complexity index is 157. The molecule has 0 N–H and O–H groups in total. The fraction of sp³-hybridized carbons (Fsp3) is 0.857. The Morgan fingerprint density at radius 3 is 2.92 bits per heavy atom. The fourth-order valence-corrected chi connectivity index (χ4v) is 0.646. The molecular formula is C7H13NO4. The maximum atomic E-state index is 11.0. The number of carbonyl (C=O) groups excluding carboxylic acids is 1. The molecule has 0 bridgehead atoms. The number of ether oxygens (including phenoxy) is 2. The summed E-state index contributed by atoms with van der Waals surface area (Å²) in [4.78, 5) is 16.1. The number of carbonyl (C=O) groups is 1. The molecule has 1 heterocycles. The number of amides is 1. The van der Waals surface area contributed by atoms with Crippen molar-refractivity contribution in [3.05, 3.63) is 0 Å². The van der Waals surface area contributed by atoms with Crippen LogP contribution in [0, 0.1) is 0 Å². The summed E-state index contributed by atoms with van der Waals surface area (Å²) < 4.78 is 9.55. The summed E-state index contributed by atoms with van der Waals surface area (Å²) >= 11 is 0. The van der Waals surface area contributed by atoms with Crippen LogP contribution in [-0.2, 0) is 19.1 Å². The third kappa shape index (κ3) is 3.17. The van der Waals surface area contributed by atoms with E-state index in [4.69, 9.17) is 9.57 Å². The molecular weight excluding hydrogens is 162 g/mol. The minimum Gasteiger partial charge on any atom is -0.375 e. The molecule has 1 fully saturated rings. The zero-order valence-electron chi connectivity index (χ0n) is 7.28. The van der Waals surface area contributed by atoms with Crippen molar-refractivity contribution in [2.75, 3.05) is 34.0 Å². The van der Waals surface area contributed by atoms with Crippen molar-refractivity contribution < 1.29 is 19.1 Å². The minimum atomic E-state index is -0.196. The van der Waals surface area contributed by atoms with Crippen LogP contribution in [0.2, 0.25) is 0 Å². The van der Waals surface area contributed by atoms with E-state index in [9.17, 15) is 4.79 Å². The van der Waals surface area contributed by atoms with Gasteiger partial charge in [0.15, 0.2) is 0 Å². The van der Waals surface area contributed by atoms with Crippen molar-refractivity contribution in [3.8, 4) is 0 Å². The van der Waals surface area contributed by atoms with Crippen LogP contribution >= 0.6 is 0 Å². The van der Waals surface area contributed by atoms with Crippen molar-refractivity contribution >= 4 is 5.91 Å². The molecule has 12 heavy (non-hydrogen) atoms. The molecule has 0 aliphatic carbocycles. The number of hydrogen-bond acceptors (Lipinski definition) is 4. The molecule has 1 aliphatic heterocycles. The van der Waals surface area contributed by atoms with Crippen molar-refractivity contribution in [1.29, 1.82) is 0 Å². The molecule has 0 unspecified atom stereocenters. The lowest BCUT2D eigenvalue weighted by Gasteiger charge is -2.15. The second-order valence-corrected chi connectivity index (χ2v) is 2.58. The van der Waals surface area contributed by atoms with Crippen LogP contribution in [0.4, 0.5) is 0 Å². The average Bonchev–Trinajstić information content (AvgIpc) is 2.83. The highest BCUT2D eigenvalue weighted by molar-refractivity contribution is 5.75. The van der Waals surface area contributed by atoms with E-state index in [0.717, 1.165) is 6.61 Å². The van der Waals surface area contributed by atoms with E-state index in [1.54, 1.807) is 7.05 Å². The van der Waals surface area contributed by atoms with E-state index in [1.165, 1.54) is 12.2 Å². The highest BCUT2D eigenvalue weighted by Crippen LogP contribution is 2.08. The quantitative estimate of drug-likeness (QED) is 0.414. The van der Waals surface area contributed by atoms with E-state index < -0.39 is 0 Å². The van der Waals surface area contributed by atoms with Gasteiger partial charge in [-0.1, -0.05) is 0 Å². The van der Waals surface area contributed by atoms with Crippen molar-refractivity contribution in [2.24, 2.45) is 0 Å². The third-order valence-corrected chi connectivity index (χ3v) is 1.48. The third-order valence-electron chi connectivity index (χ3n) is 1.48. The number of likely N-dealkylation sites (N-methyl/N-ethyl adjacent to an activating group) is 1. The van der Waals surface area contributed by atoms with E-state index in [-0.39, 0.29) is 18.6 Å². The van der Waals surface area contributed by atoms with Gasteiger partial charge in [0.25, 0.3) is 5.91 Å². The van der Waals surface area contributed by atoms with Crippen LogP contribution < -0.4 is 0 Å². The molecule has 0 saturated carbocycles. The minimum absolute atomic E-state index is 0.0437. The van der Waals surface area contributed by atoms with Crippen molar-refractivity contribution in [1.82, 2.24) is 5.06 Å². The Balaban J connectivity index is 2.07. The van der Waals surface area contributed by atoms with Crippen LogP contribution in [0.5, 0.6) is 0 Å². The van der Waals surface area contributed by atoms with E-state index in [0.29, 0.717) is 6.61 Å². The maximum absolute atomic E-state index is 11.0. The predicted octanol–water partition coefficient (Wildman–Crippen LogP) is -0.578. The summed E-state index contributed by atoms with van der Waals surface area (Å²) in [7, 11) is 3.03. The summed E-state index contributed by atoms with van der Waals surface area (Å²) in [5.74, 6) is -0.196. The largest absolute Gasteiger partial charge is 0.375 e. The van der Waals surface area contributed by atoms with Crippen LogP contribution in [0.1, 0.15) is 0 Å². The monoisotopic (exact) mass is 175 g/mol. The van der Waals surface area contributed by atoms with E-state index in [1.807, 2.05) is 0 Å². The van der Waals surface area contributed by atoms with Gasteiger partial charge < -0.3 is 9.47 Å². The molecule has 1 saturated heterocycles. The predicted molar refractivity (Wildman–Crippen MR) is 40.3 cm³/mol. The molecule has 1 amide bonds. The Hall–Kier alpha value is -0.650. The lowest BCUT2D eigenvalue weighted by atomic mass is 10.5. The van der Waals surface area contributed by atoms with Gasteiger partial charge in [-0.3, -0.25) is 9.63 Å². The summed E-state index contributed by atoms with van der Waals surface area (Å²) in [6, 6.07) is 0. The molecule has 0 radical (unpaired) electrons. The normalized spacial score (nSPS) is 20.7. The molecule has 1 atom stereocenters. The Labute approximate surface area is 71.1 Å². The number of rotatable bonds is 5. The summed E-state index contributed by atoms with van der Waals surface area (Å²) in [5.41, 5.74) is 0. The van der Waals surface area contributed by atoms with Gasteiger partial charge in [0, 0.05) is 14.2 Å². The first-order valence-corrected chi connectivity index (χ1v) is 3.74.